The molecule has 4 rings (SSSR count). The molecule has 0 radical (unpaired) electrons. The Hall–Kier alpha value is -3.22. The number of nitro benzene ring substituents is 1. The van der Waals surface area contributed by atoms with Gasteiger partial charge in [0.2, 0.25) is 0 Å². The molecule has 1 aliphatic rings. The first-order valence-corrected chi connectivity index (χ1v) is 8.13. The van der Waals surface area contributed by atoms with Gasteiger partial charge < -0.3 is 9.88 Å². The zero-order chi connectivity index (χ0) is 17.4. The molecule has 2 heterocycles. The third-order valence-corrected chi connectivity index (χ3v) is 4.56. The van der Waals surface area contributed by atoms with Crippen molar-refractivity contribution in [2.75, 3.05) is 6.54 Å². The number of nitro groups is 1. The van der Waals surface area contributed by atoms with Gasteiger partial charge in [-0.1, -0.05) is 12.1 Å². The van der Waals surface area contributed by atoms with Crippen LogP contribution < -0.4 is 0 Å². The van der Waals surface area contributed by atoms with Crippen LogP contribution in [0.2, 0.25) is 0 Å². The molecule has 1 atom stereocenters. The molecule has 1 aromatic heterocycles. The summed E-state index contributed by atoms with van der Waals surface area (Å²) in [5.74, 6) is 0.659. The highest BCUT2D eigenvalue weighted by molar-refractivity contribution is 5.95. The summed E-state index contributed by atoms with van der Waals surface area (Å²) in [6.07, 6.45) is 1.75. The fourth-order valence-electron chi connectivity index (χ4n) is 3.32. The van der Waals surface area contributed by atoms with Crippen molar-refractivity contribution in [1.82, 2.24) is 14.9 Å². The van der Waals surface area contributed by atoms with Crippen LogP contribution in [0.15, 0.2) is 48.5 Å². The van der Waals surface area contributed by atoms with E-state index in [4.69, 9.17) is 0 Å². The first-order chi connectivity index (χ1) is 12.1. The molecule has 3 aromatic rings. The molecule has 1 amide bonds. The van der Waals surface area contributed by atoms with Crippen LogP contribution in [0.25, 0.3) is 11.0 Å². The Labute approximate surface area is 143 Å². The summed E-state index contributed by atoms with van der Waals surface area (Å²) >= 11 is 0. The van der Waals surface area contributed by atoms with Gasteiger partial charge in [0.25, 0.3) is 11.6 Å². The van der Waals surface area contributed by atoms with Gasteiger partial charge in [-0.2, -0.15) is 0 Å². The number of aromatic nitrogens is 2. The largest absolute Gasteiger partial charge is 0.340 e. The van der Waals surface area contributed by atoms with Gasteiger partial charge in [-0.15, -0.1) is 0 Å². The average Bonchev–Trinajstić information content (AvgIpc) is 3.27. The van der Waals surface area contributed by atoms with Gasteiger partial charge in [-0.25, -0.2) is 4.98 Å². The molecule has 2 aromatic carbocycles. The Morgan fingerprint density at radius 2 is 1.96 bits per heavy atom. The van der Waals surface area contributed by atoms with Crippen LogP contribution in [-0.4, -0.2) is 32.2 Å². The predicted molar refractivity (Wildman–Crippen MR) is 92.2 cm³/mol. The lowest BCUT2D eigenvalue weighted by molar-refractivity contribution is -0.384. The number of likely N-dealkylation sites (tertiary alicyclic amines) is 1. The summed E-state index contributed by atoms with van der Waals surface area (Å²) in [6.45, 7) is 0.650. The molecule has 0 saturated carbocycles. The highest BCUT2D eigenvalue weighted by Crippen LogP contribution is 2.32. The van der Waals surface area contributed by atoms with Gasteiger partial charge in [0.1, 0.15) is 5.82 Å². The maximum Gasteiger partial charge on any atom is 0.269 e. The fourth-order valence-corrected chi connectivity index (χ4v) is 3.32. The third-order valence-electron chi connectivity index (χ3n) is 4.56. The average molecular weight is 336 g/mol. The van der Waals surface area contributed by atoms with Gasteiger partial charge in [-0.3, -0.25) is 14.9 Å². The molecule has 0 bridgehead atoms. The molecule has 7 heteroatoms. The number of non-ortho nitro benzene ring substituents is 1. The number of H-pyrrole nitrogens is 1. The Bertz CT molecular complexity index is 915. The highest BCUT2D eigenvalue weighted by atomic mass is 16.6. The van der Waals surface area contributed by atoms with Crippen LogP contribution >= 0.6 is 0 Å². The lowest BCUT2D eigenvalue weighted by Gasteiger charge is -2.23. The van der Waals surface area contributed by atoms with Crippen molar-refractivity contribution in [2.24, 2.45) is 0 Å². The van der Waals surface area contributed by atoms with E-state index in [0.29, 0.717) is 12.1 Å². The maximum absolute atomic E-state index is 12.8. The molecule has 7 nitrogen and oxygen atoms in total. The van der Waals surface area contributed by atoms with E-state index in [1.807, 2.05) is 24.3 Å². The summed E-state index contributed by atoms with van der Waals surface area (Å²) in [4.78, 5) is 32.8. The van der Waals surface area contributed by atoms with Crippen LogP contribution in [0.5, 0.6) is 0 Å². The molecule has 1 fully saturated rings. The molecule has 1 saturated heterocycles. The van der Waals surface area contributed by atoms with Gasteiger partial charge >= 0.3 is 0 Å². The SMILES string of the molecule is O=C(c1ccc([N+](=O)[O-])cc1)N1CCC[C@H]1c1nc2ccccc2[nH]1. The van der Waals surface area contributed by atoms with Crippen molar-refractivity contribution in [2.45, 2.75) is 18.9 Å². The van der Waals surface area contributed by atoms with E-state index in [1.54, 1.807) is 4.90 Å². The standard InChI is InChI=1S/C18H16N4O3/c23-18(12-7-9-13(10-8-12)22(24)25)21-11-3-6-16(21)17-19-14-4-1-2-5-15(14)20-17/h1-2,4-5,7-10,16H,3,6,11H2,(H,19,20)/t16-/m0/s1. The topological polar surface area (TPSA) is 92.1 Å². The number of para-hydroxylation sites is 2. The summed E-state index contributed by atoms with van der Waals surface area (Å²) in [6, 6.07) is 13.4. The van der Waals surface area contributed by atoms with Crippen LogP contribution in [0.1, 0.15) is 35.1 Å². The second-order valence-corrected chi connectivity index (χ2v) is 6.10. The van der Waals surface area contributed by atoms with E-state index in [1.165, 1.54) is 24.3 Å². The Morgan fingerprint density at radius 3 is 2.68 bits per heavy atom. The van der Waals surface area contributed by atoms with E-state index >= 15 is 0 Å². The zero-order valence-corrected chi connectivity index (χ0v) is 13.4. The Morgan fingerprint density at radius 1 is 1.20 bits per heavy atom. The summed E-state index contributed by atoms with van der Waals surface area (Å²) in [5, 5.41) is 10.8. The second kappa shape index (κ2) is 6.01. The van der Waals surface area contributed by atoms with Crippen molar-refractivity contribution in [3.8, 4) is 0 Å². The first kappa shape index (κ1) is 15.3. The number of imidazole rings is 1. The zero-order valence-electron chi connectivity index (χ0n) is 13.4. The quantitative estimate of drug-likeness (QED) is 0.586. The molecule has 0 unspecified atom stereocenters. The molecule has 1 N–H and O–H groups in total. The number of aromatic amines is 1. The maximum atomic E-state index is 12.8. The number of nitrogens with one attached hydrogen (secondary N) is 1. The lowest BCUT2D eigenvalue weighted by Crippen LogP contribution is -2.31. The predicted octanol–water partition coefficient (Wildman–Crippen LogP) is 3.45. The molecular formula is C18H16N4O3. The molecule has 0 aliphatic carbocycles. The van der Waals surface area contributed by atoms with E-state index in [0.717, 1.165) is 29.7 Å². The van der Waals surface area contributed by atoms with Crippen molar-refractivity contribution in [3.05, 3.63) is 70.0 Å². The van der Waals surface area contributed by atoms with E-state index in [-0.39, 0.29) is 17.6 Å². The summed E-state index contributed by atoms with van der Waals surface area (Å²) in [7, 11) is 0. The minimum atomic E-state index is -0.471. The Kier molecular flexibility index (Phi) is 3.68. The first-order valence-electron chi connectivity index (χ1n) is 8.13. The van der Waals surface area contributed by atoms with Crippen molar-refractivity contribution >= 4 is 22.6 Å². The number of carbonyl (C=O) groups excluding carboxylic acids is 1. The van der Waals surface area contributed by atoms with E-state index in [9.17, 15) is 14.9 Å². The van der Waals surface area contributed by atoms with Gasteiger partial charge in [0, 0.05) is 24.2 Å². The fraction of sp³-hybridized carbons (Fsp3) is 0.222. The van der Waals surface area contributed by atoms with Gasteiger partial charge in [-0.05, 0) is 37.1 Å². The van der Waals surface area contributed by atoms with Crippen LogP contribution in [0, 0.1) is 10.1 Å². The number of hydrogen-bond acceptors (Lipinski definition) is 4. The molecule has 0 spiro atoms. The Balaban J connectivity index is 1.62. The number of carbonyl (C=O) groups is 1. The number of nitrogens with zero attached hydrogens (tertiary/aromatic N) is 3. The number of amides is 1. The third kappa shape index (κ3) is 2.73. The van der Waals surface area contributed by atoms with Crippen LogP contribution in [0.4, 0.5) is 5.69 Å². The van der Waals surface area contributed by atoms with Crippen LogP contribution in [-0.2, 0) is 0 Å². The number of benzene rings is 2. The summed E-state index contributed by atoms with van der Waals surface area (Å²) < 4.78 is 0. The monoisotopic (exact) mass is 336 g/mol. The normalized spacial score (nSPS) is 17.1. The molecular weight excluding hydrogens is 320 g/mol. The van der Waals surface area contributed by atoms with E-state index < -0.39 is 4.92 Å². The highest BCUT2D eigenvalue weighted by Gasteiger charge is 2.32. The minimum Gasteiger partial charge on any atom is -0.340 e. The molecule has 25 heavy (non-hydrogen) atoms. The van der Waals surface area contributed by atoms with Crippen molar-refractivity contribution in [1.29, 1.82) is 0 Å². The smallest absolute Gasteiger partial charge is 0.269 e. The van der Waals surface area contributed by atoms with Gasteiger partial charge in [0.05, 0.1) is 22.0 Å². The number of fused-ring (bicyclic) bond motifs is 1. The number of hydrogen-bond donors (Lipinski definition) is 1. The minimum absolute atomic E-state index is 0.0215. The van der Waals surface area contributed by atoms with Crippen molar-refractivity contribution < 1.29 is 9.72 Å². The number of rotatable bonds is 3. The van der Waals surface area contributed by atoms with Crippen molar-refractivity contribution in [3.63, 3.8) is 0 Å². The second-order valence-electron chi connectivity index (χ2n) is 6.10. The molecule has 126 valence electrons. The summed E-state index contributed by atoms with van der Waals surface area (Å²) in [5.41, 5.74) is 2.26. The van der Waals surface area contributed by atoms with E-state index in [2.05, 4.69) is 9.97 Å². The lowest BCUT2D eigenvalue weighted by atomic mass is 10.1. The van der Waals surface area contributed by atoms with Gasteiger partial charge in [0.15, 0.2) is 0 Å². The van der Waals surface area contributed by atoms with Crippen LogP contribution in [0.3, 0.4) is 0 Å². The molecule has 1 aliphatic heterocycles.